The van der Waals surface area contributed by atoms with Crippen LogP contribution in [0.2, 0.25) is 0 Å². The molecular formula is C10H15IN2O. The summed E-state index contributed by atoms with van der Waals surface area (Å²) in [7, 11) is 0. The maximum absolute atomic E-state index is 5.67. The van der Waals surface area contributed by atoms with Crippen LogP contribution in [0.15, 0.2) is 24.3 Å². The molecule has 0 bridgehead atoms. The van der Waals surface area contributed by atoms with Crippen LogP contribution in [0.4, 0.5) is 5.69 Å². The number of nitrogen functional groups attached to an aromatic ring is 1. The van der Waals surface area contributed by atoms with Crippen molar-refractivity contribution >= 4 is 28.3 Å². The average molecular weight is 306 g/mol. The first-order chi connectivity index (χ1) is 6.59. The van der Waals surface area contributed by atoms with Gasteiger partial charge in [-0.1, -0.05) is 12.1 Å². The second-order valence-corrected chi connectivity index (χ2v) is 4.49. The Balaban J connectivity index is 2.45. The molecule has 4 N–H and O–H groups in total. The first-order valence-corrected chi connectivity index (χ1v) is 5.70. The summed E-state index contributed by atoms with van der Waals surface area (Å²) in [5, 5.41) is 0. The molecule has 0 heterocycles. The Morgan fingerprint density at radius 2 is 2.21 bits per heavy atom. The zero-order chi connectivity index (χ0) is 10.6. The number of anilines is 1. The highest BCUT2D eigenvalue weighted by molar-refractivity contribution is 14.1. The Bertz CT molecular complexity index is 291. The van der Waals surface area contributed by atoms with Crippen LogP contribution in [0.3, 0.4) is 0 Å². The van der Waals surface area contributed by atoms with Gasteiger partial charge in [-0.25, -0.2) is 0 Å². The summed E-state index contributed by atoms with van der Waals surface area (Å²) in [6, 6.07) is 7.71. The van der Waals surface area contributed by atoms with Crippen molar-refractivity contribution in [3.05, 3.63) is 29.8 Å². The Morgan fingerprint density at radius 3 is 2.79 bits per heavy atom. The van der Waals surface area contributed by atoms with E-state index in [2.05, 4.69) is 22.6 Å². The lowest BCUT2D eigenvalue weighted by atomic mass is 10.2. The zero-order valence-electron chi connectivity index (χ0n) is 8.11. The third kappa shape index (κ3) is 3.81. The highest BCUT2D eigenvalue weighted by atomic mass is 127. The largest absolute Gasteiger partial charge is 0.399 e. The quantitative estimate of drug-likeness (QED) is 0.507. The minimum atomic E-state index is 0.0361. The molecule has 0 aliphatic carbocycles. The van der Waals surface area contributed by atoms with Crippen LogP contribution in [-0.4, -0.2) is 10.2 Å². The lowest BCUT2D eigenvalue weighted by Gasteiger charge is -2.14. The Morgan fingerprint density at radius 1 is 1.50 bits per heavy atom. The van der Waals surface area contributed by atoms with Gasteiger partial charge in [-0.05, 0) is 47.2 Å². The van der Waals surface area contributed by atoms with Gasteiger partial charge in [0.05, 0.1) is 6.61 Å². The molecule has 1 aromatic carbocycles. The third-order valence-electron chi connectivity index (χ3n) is 1.77. The molecule has 3 nitrogen and oxygen atoms in total. The second-order valence-electron chi connectivity index (χ2n) is 3.27. The number of hydrogen-bond donors (Lipinski definition) is 2. The van der Waals surface area contributed by atoms with Crippen LogP contribution >= 0.6 is 22.6 Å². The third-order valence-corrected chi connectivity index (χ3v) is 3.27. The molecule has 4 heteroatoms. The lowest BCUT2D eigenvalue weighted by Crippen LogP contribution is -2.28. The number of ether oxygens (including phenoxy) is 1. The summed E-state index contributed by atoms with van der Waals surface area (Å²) >= 11 is 2.19. The van der Waals surface area contributed by atoms with Gasteiger partial charge in [0.25, 0.3) is 0 Å². The van der Waals surface area contributed by atoms with Gasteiger partial charge in [0, 0.05) is 11.7 Å². The molecule has 0 saturated carbocycles. The molecule has 2 unspecified atom stereocenters. The van der Waals surface area contributed by atoms with E-state index in [1.807, 2.05) is 31.2 Å². The number of halogens is 1. The predicted molar refractivity (Wildman–Crippen MR) is 67.1 cm³/mol. The first-order valence-electron chi connectivity index (χ1n) is 4.45. The second kappa shape index (κ2) is 5.53. The minimum absolute atomic E-state index is 0.0361. The Kier molecular flexibility index (Phi) is 4.64. The summed E-state index contributed by atoms with van der Waals surface area (Å²) in [5.41, 5.74) is 13.2. The van der Waals surface area contributed by atoms with E-state index in [0.717, 1.165) is 11.3 Å². The smallest absolute Gasteiger partial charge is 0.124 e. The van der Waals surface area contributed by atoms with Crippen molar-refractivity contribution in [2.24, 2.45) is 5.73 Å². The van der Waals surface area contributed by atoms with Crippen LogP contribution in [0.5, 0.6) is 0 Å². The minimum Gasteiger partial charge on any atom is -0.399 e. The fourth-order valence-corrected chi connectivity index (χ4v) is 1.19. The lowest BCUT2D eigenvalue weighted by molar-refractivity contribution is 0.0973. The highest BCUT2D eigenvalue weighted by Crippen LogP contribution is 2.12. The normalized spacial score (nSPS) is 15.1. The highest BCUT2D eigenvalue weighted by Gasteiger charge is 2.09. The van der Waals surface area contributed by atoms with Gasteiger partial charge < -0.3 is 16.2 Å². The van der Waals surface area contributed by atoms with Crippen molar-refractivity contribution in [2.45, 2.75) is 23.7 Å². The van der Waals surface area contributed by atoms with Crippen molar-refractivity contribution in [3.8, 4) is 0 Å². The number of rotatable bonds is 4. The fourth-order valence-electron chi connectivity index (χ4n) is 1.01. The maximum atomic E-state index is 5.67. The molecule has 1 aromatic rings. The first kappa shape index (κ1) is 11.7. The fraction of sp³-hybridized carbons (Fsp3) is 0.400. The summed E-state index contributed by atoms with van der Waals surface area (Å²) in [5.74, 6) is 0. The van der Waals surface area contributed by atoms with Gasteiger partial charge in [0.2, 0.25) is 0 Å². The number of hydrogen-bond acceptors (Lipinski definition) is 3. The van der Waals surface area contributed by atoms with E-state index in [0.29, 0.717) is 6.61 Å². The van der Waals surface area contributed by atoms with E-state index in [-0.39, 0.29) is 10.2 Å². The van der Waals surface area contributed by atoms with Gasteiger partial charge in [-0.2, -0.15) is 0 Å². The summed E-state index contributed by atoms with van der Waals surface area (Å²) in [6.45, 7) is 2.48. The van der Waals surface area contributed by atoms with Crippen molar-refractivity contribution in [1.82, 2.24) is 0 Å². The summed E-state index contributed by atoms with van der Waals surface area (Å²) < 4.78 is 5.59. The van der Waals surface area contributed by atoms with Gasteiger partial charge >= 0.3 is 0 Å². The molecule has 0 amide bonds. The molecule has 0 fully saturated rings. The molecule has 14 heavy (non-hydrogen) atoms. The molecule has 0 aliphatic heterocycles. The molecule has 0 spiro atoms. The van der Waals surface area contributed by atoms with Gasteiger partial charge in [0.15, 0.2) is 0 Å². The number of benzene rings is 1. The monoisotopic (exact) mass is 306 g/mol. The summed E-state index contributed by atoms with van der Waals surface area (Å²) in [4.78, 5) is 0. The molecule has 0 aromatic heterocycles. The van der Waals surface area contributed by atoms with Gasteiger partial charge in [-0.15, -0.1) is 0 Å². The van der Waals surface area contributed by atoms with E-state index >= 15 is 0 Å². The van der Waals surface area contributed by atoms with Crippen LogP contribution in [0, 0.1) is 0 Å². The van der Waals surface area contributed by atoms with Crippen molar-refractivity contribution in [1.29, 1.82) is 0 Å². The molecule has 0 radical (unpaired) electrons. The molecule has 1 rings (SSSR count). The van der Waals surface area contributed by atoms with E-state index in [9.17, 15) is 0 Å². The average Bonchev–Trinajstić information content (AvgIpc) is 2.14. The molecule has 0 aliphatic rings. The summed E-state index contributed by atoms with van der Waals surface area (Å²) in [6.07, 6.45) is 0. The molecule has 2 atom stereocenters. The Labute approximate surface area is 97.9 Å². The zero-order valence-corrected chi connectivity index (χ0v) is 10.3. The van der Waals surface area contributed by atoms with Crippen molar-refractivity contribution < 1.29 is 4.74 Å². The van der Waals surface area contributed by atoms with Crippen molar-refractivity contribution in [3.63, 3.8) is 0 Å². The predicted octanol–water partition coefficient (Wildman–Crippen LogP) is 1.89. The van der Waals surface area contributed by atoms with Gasteiger partial charge in [0.1, 0.15) is 4.11 Å². The van der Waals surface area contributed by atoms with E-state index in [4.69, 9.17) is 16.2 Å². The SMILES string of the molecule is CC(N)C(I)OCc1cccc(N)c1. The number of alkyl halides is 1. The topological polar surface area (TPSA) is 61.3 Å². The van der Waals surface area contributed by atoms with E-state index in [1.165, 1.54) is 0 Å². The molecular weight excluding hydrogens is 291 g/mol. The van der Waals surface area contributed by atoms with E-state index < -0.39 is 0 Å². The Hall–Kier alpha value is -0.330. The maximum Gasteiger partial charge on any atom is 0.124 e. The van der Waals surface area contributed by atoms with Crippen LogP contribution < -0.4 is 11.5 Å². The van der Waals surface area contributed by atoms with Crippen LogP contribution in [-0.2, 0) is 11.3 Å². The van der Waals surface area contributed by atoms with E-state index in [1.54, 1.807) is 0 Å². The van der Waals surface area contributed by atoms with Crippen molar-refractivity contribution in [2.75, 3.05) is 5.73 Å². The van der Waals surface area contributed by atoms with Crippen LogP contribution in [0.1, 0.15) is 12.5 Å². The van der Waals surface area contributed by atoms with Crippen LogP contribution in [0.25, 0.3) is 0 Å². The number of nitrogens with two attached hydrogens (primary N) is 2. The standard InChI is InChI=1S/C10H15IN2O/c1-7(12)10(11)14-6-8-3-2-4-9(13)5-8/h2-5,7,10H,6,12-13H2,1H3. The molecule has 0 saturated heterocycles. The molecule has 78 valence electrons. The van der Waals surface area contributed by atoms with Gasteiger partial charge in [-0.3, -0.25) is 0 Å².